The van der Waals surface area contributed by atoms with Crippen molar-refractivity contribution in [3.05, 3.63) is 23.8 Å². The summed E-state index contributed by atoms with van der Waals surface area (Å²) in [5.74, 6) is 0.671. The number of nitrogens with zero attached hydrogens (tertiary/aromatic N) is 1. The molecular formula is C15H24N2O3. The van der Waals surface area contributed by atoms with Gasteiger partial charge in [0.05, 0.1) is 18.4 Å². The number of rotatable bonds is 6. The van der Waals surface area contributed by atoms with Crippen LogP contribution in [0.25, 0.3) is 0 Å². The van der Waals surface area contributed by atoms with Crippen LogP contribution in [0.2, 0.25) is 0 Å². The molecule has 0 aliphatic carbocycles. The average molecular weight is 280 g/mol. The Morgan fingerprint density at radius 1 is 1.50 bits per heavy atom. The number of aliphatic hydroxyl groups is 1. The van der Waals surface area contributed by atoms with Gasteiger partial charge in [0, 0.05) is 13.6 Å². The molecule has 0 heterocycles. The maximum atomic E-state index is 12.0. The molecule has 0 radical (unpaired) electrons. The SMILES string of the molecule is CCOc1cc(C)ccc1NC(=O)N(C)CCC(C)O. The molecule has 20 heavy (non-hydrogen) atoms. The van der Waals surface area contributed by atoms with Crippen LogP contribution >= 0.6 is 0 Å². The number of carbonyl (C=O) groups is 1. The van der Waals surface area contributed by atoms with Crippen molar-refractivity contribution in [3.8, 4) is 5.75 Å². The topological polar surface area (TPSA) is 61.8 Å². The number of aryl methyl sites for hydroxylation is 1. The van der Waals surface area contributed by atoms with Crippen molar-refractivity contribution in [1.29, 1.82) is 0 Å². The zero-order valence-corrected chi connectivity index (χ0v) is 12.6. The Kier molecular flexibility index (Phi) is 6.31. The molecule has 1 atom stereocenters. The van der Waals surface area contributed by atoms with Crippen molar-refractivity contribution >= 4 is 11.7 Å². The third kappa shape index (κ3) is 5.09. The lowest BCUT2D eigenvalue weighted by Gasteiger charge is -2.20. The third-order valence-electron chi connectivity index (χ3n) is 2.91. The van der Waals surface area contributed by atoms with Crippen LogP contribution in [0.4, 0.5) is 10.5 Å². The van der Waals surface area contributed by atoms with E-state index in [2.05, 4.69) is 5.32 Å². The molecule has 0 spiro atoms. The first-order chi connectivity index (χ1) is 9.43. The van der Waals surface area contributed by atoms with E-state index in [1.807, 2.05) is 32.0 Å². The normalized spacial score (nSPS) is 11.8. The Bertz CT molecular complexity index is 447. The number of amides is 2. The van der Waals surface area contributed by atoms with Gasteiger partial charge in [0.25, 0.3) is 0 Å². The standard InChI is InChI=1S/C15H24N2O3/c1-5-20-14-10-11(2)6-7-13(14)16-15(19)17(4)9-8-12(3)18/h6-7,10,12,18H,5,8-9H2,1-4H3,(H,16,19). The lowest BCUT2D eigenvalue weighted by atomic mass is 10.2. The Hall–Kier alpha value is -1.75. The molecule has 1 aromatic carbocycles. The van der Waals surface area contributed by atoms with Gasteiger partial charge in [-0.25, -0.2) is 4.79 Å². The Morgan fingerprint density at radius 2 is 2.20 bits per heavy atom. The minimum atomic E-state index is -0.413. The summed E-state index contributed by atoms with van der Waals surface area (Å²) in [5.41, 5.74) is 1.74. The number of carbonyl (C=O) groups excluding carboxylic acids is 1. The van der Waals surface area contributed by atoms with Gasteiger partial charge in [-0.3, -0.25) is 0 Å². The number of anilines is 1. The van der Waals surface area contributed by atoms with Crippen molar-refractivity contribution in [2.45, 2.75) is 33.3 Å². The molecule has 0 aliphatic heterocycles. The van der Waals surface area contributed by atoms with Crippen molar-refractivity contribution < 1.29 is 14.6 Å². The van der Waals surface area contributed by atoms with Crippen molar-refractivity contribution in [3.63, 3.8) is 0 Å². The van der Waals surface area contributed by atoms with E-state index >= 15 is 0 Å². The maximum Gasteiger partial charge on any atom is 0.321 e. The molecule has 1 unspecified atom stereocenters. The Balaban J connectivity index is 2.69. The summed E-state index contributed by atoms with van der Waals surface area (Å²) in [7, 11) is 1.70. The molecule has 112 valence electrons. The molecule has 0 fully saturated rings. The van der Waals surface area contributed by atoms with Crippen LogP contribution in [-0.2, 0) is 0 Å². The van der Waals surface area contributed by atoms with E-state index in [-0.39, 0.29) is 6.03 Å². The van der Waals surface area contributed by atoms with Crippen LogP contribution in [0.3, 0.4) is 0 Å². The van der Waals surface area contributed by atoms with Gasteiger partial charge in [-0.15, -0.1) is 0 Å². The number of urea groups is 1. The van der Waals surface area contributed by atoms with Crippen LogP contribution < -0.4 is 10.1 Å². The summed E-state index contributed by atoms with van der Waals surface area (Å²) < 4.78 is 5.52. The van der Waals surface area contributed by atoms with E-state index in [1.54, 1.807) is 18.9 Å². The van der Waals surface area contributed by atoms with Crippen LogP contribution in [0.15, 0.2) is 18.2 Å². The molecule has 0 saturated carbocycles. The fraction of sp³-hybridized carbons (Fsp3) is 0.533. The average Bonchev–Trinajstić information content (AvgIpc) is 2.39. The minimum Gasteiger partial charge on any atom is -0.492 e. The highest BCUT2D eigenvalue weighted by atomic mass is 16.5. The zero-order valence-electron chi connectivity index (χ0n) is 12.6. The summed E-state index contributed by atoms with van der Waals surface area (Å²) in [5, 5.41) is 12.1. The predicted molar refractivity (Wildman–Crippen MR) is 80.3 cm³/mol. The predicted octanol–water partition coefficient (Wildman–Crippen LogP) is 2.63. The second-order valence-corrected chi connectivity index (χ2v) is 4.92. The number of benzene rings is 1. The van der Waals surface area contributed by atoms with Crippen LogP contribution in [0.1, 0.15) is 25.8 Å². The van der Waals surface area contributed by atoms with Crippen LogP contribution in [0.5, 0.6) is 5.75 Å². The molecular weight excluding hydrogens is 256 g/mol. The second kappa shape index (κ2) is 7.75. The van der Waals surface area contributed by atoms with Gasteiger partial charge in [0.15, 0.2) is 0 Å². The zero-order chi connectivity index (χ0) is 15.1. The van der Waals surface area contributed by atoms with Crippen molar-refractivity contribution in [2.75, 3.05) is 25.5 Å². The van der Waals surface area contributed by atoms with Gasteiger partial charge < -0.3 is 20.1 Å². The second-order valence-electron chi connectivity index (χ2n) is 4.92. The fourth-order valence-electron chi connectivity index (χ4n) is 1.70. The summed E-state index contributed by atoms with van der Waals surface area (Å²) in [6.07, 6.45) is 0.138. The van der Waals surface area contributed by atoms with E-state index in [0.717, 1.165) is 5.56 Å². The maximum absolute atomic E-state index is 12.0. The van der Waals surface area contributed by atoms with Crippen LogP contribution in [-0.4, -0.2) is 42.3 Å². The Labute approximate surface area is 120 Å². The highest BCUT2D eigenvalue weighted by Gasteiger charge is 2.12. The summed E-state index contributed by atoms with van der Waals surface area (Å²) >= 11 is 0. The van der Waals surface area contributed by atoms with E-state index in [0.29, 0.717) is 31.0 Å². The number of ether oxygens (including phenoxy) is 1. The van der Waals surface area contributed by atoms with Crippen LogP contribution in [0, 0.1) is 6.92 Å². The molecule has 2 N–H and O–H groups in total. The minimum absolute atomic E-state index is 0.213. The smallest absolute Gasteiger partial charge is 0.321 e. The molecule has 0 saturated heterocycles. The number of hydrogen-bond acceptors (Lipinski definition) is 3. The molecule has 5 heteroatoms. The van der Waals surface area contributed by atoms with E-state index in [4.69, 9.17) is 4.74 Å². The quantitative estimate of drug-likeness (QED) is 0.842. The van der Waals surface area contributed by atoms with E-state index in [9.17, 15) is 9.90 Å². The first-order valence-corrected chi connectivity index (χ1v) is 6.87. The fourth-order valence-corrected chi connectivity index (χ4v) is 1.70. The third-order valence-corrected chi connectivity index (χ3v) is 2.91. The van der Waals surface area contributed by atoms with Gasteiger partial charge in [-0.2, -0.15) is 0 Å². The monoisotopic (exact) mass is 280 g/mol. The van der Waals surface area contributed by atoms with Gasteiger partial charge in [0.1, 0.15) is 5.75 Å². The van der Waals surface area contributed by atoms with E-state index in [1.165, 1.54) is 0 Å². The van der Waals surface area contributed by atoms with Crippen molar-refractivity contribution in [2.24, 2.45) is 0 Å². The number of aliphatic hydroxyl groups excluding tert-OH is 1. The first kappa shape index (κ1) is 16.3. The Morgan fingerprint density at radius 3 is 2.80 bits per heavy atom. The molecule has 0 aromatic heterocycles. The summed E-state index contributed by atoms with van der Waals surface area (Å²) in [6.45, 7) is 6.63. The lowest BCUT2D eigenvalue weighted by molar-refractivity contribution is 0.167. The molecule has 0 bridgehead atoms. The van der Waals surface area contributed by atoms with Gasteiger partial charge in [-0.1, -0.05) is 6.07 Å². The summed E-state index contributed by atoms with van der Waals surface area (Å²) in [6, 6.07) is 5.44. The molecule has 5 nitrogen and oxygen atoms in total. The lowest BCUT2D eigenvalue weighted by Crippen LogP contribution is -2.33. The van der Waals surface area contributed by atoms with E-state index < -0.39 is 6.10 Å². The largest absolute Gasteiger partial charge is 0.492 e. The van der Waals surface area contributed by atoms with Gasteiger partial charge in [0.2, 0.25) is 0 Å². The van der Waals surface area contributed by atoms with Crippen molar-refractivity contribution in [1.82, 2.24) is 4.90 Å². The molecule has 1 aromatic rings. The highest BCUT2D eigenvalue weighted by molar-refractivity contribution is 5.90. The summed E-state index contributed by atoms with van der Waals surface area (Å²) in [4.78, 5) is 13.6. The van der Waals surface area contributed by atoms with Gasteiger partial charge >= 0.3 is 6.03 Å². The molecule has 2 amide bonds. The number of nitrogens with one attached hydrogen (secondary N) is 1. The van der Waals surface area contributed by atoms with Gasteiger partial charge in [-0.05, 0) is 44.9 Å². The molecule has 0 aliphatic rings. The number of hydrogen-bond donors (Lipinski definition) is 2. The highest BCUT2D eigenvalue weighted by Crippen LogP contribution is 2.26. The molecule has 1 rings (SSSR count). The first-order valence-electron chi connectivity index (χ1n) is 6.87.